The molecule has 1 saturated carbocycles. The fourth-order valence-electron chi connectivity index (χ4n) is 1.22. The van der Waals surface area contributed by atoms with Crippen LogP contribution in [0.4, 0.5) is 5.82 Å². The number of hydrogen-bond acceptors (Lipinski definition) is 3. The summed E-state index contributed by atoms with van der Waals surface area (Å²) in [6, 6.07) is 5.58. The van der Waals surface area contributed by atoms with Crippen LogP contribution in [0.3, 0.4) is 0 Å². The quantitative estimate of drug-likeness (QED) is 0.891. The normalized spacial score (nSPS) is 16.5. The van der Waals surface area contributed by atoms with Crippen molar-refractivity contribution in [2.45, 2.75) is 12.8 Å². The van der Waals surface area contributed by atoms with E-state index in [0.29, 0.717) is 23.1 Å². The van der Waals surface area contributed by atoms with Gasteiger partial charge >= 0.3 is 0 Å². The average molecular weight is 266 g/mol. The predicted molar refractivity (Wildman–Crippen MR) is 57.8 cm³/mol. The van der Waals surface area contributed by atoms with Gasteiger partial charge < -0.3 is 5.32 Å². The molecule has 0 saturated heterocycles. The van der Waals surface area contributed by atoms with Gasteiger partial charge in [0.25, 0.3) is 0 Å². The zero-order valence-electron chi connectivity index (χ0n) is 7.83. The summed E-state index contributed by atoms with van der Waals surface area (Å²) in [6.45, 7) is 0. The molecule has 1 amide bonds. The van der Waals surface area contributed by atoms with Crippen LogP contribution < -0.4 is 5.32 Å². The third-order valence-electron chi connectivity index (χ3n) is 2.39. The van der Waals surface area contributed by atoms with E-state index < -0.39 is 5.41 Å². The zero-order valence-corrected chi connectivity index (χ0v) is 9.41. The number of pyridine rings is 1. The van der Waals surface area contributed by atoms with Gasteiger partial charge in [0.15, 0.2) is 0 Å². The van der Waals surface area contributed by atoms with Crippen LogP contribution in [-0.4, -0.2) is 10.9 Å². The van der Waals surface area contributed by atoms with Crippen LogP contribution >= 0.6 is 15.9 Å². The highest BCUT2D eigenvalue weighted by Crippen LogP contribution is 2.45. The molecule has 1 aliphatic carbocycles. The van der Waals surface area contributed by atoms with Crippen LogP contribution in [0.25, 0.3) is 0 Å². The summed E-state index contributed by atoms with van der Waals surface area (Å²) in [4.78, 5) is 15.7. The number of carbonyl (C=O) groups excluding carboxylic acids is 1. The van der Waals surface area contributed by atoms with Crippen molar-refractivity contribution in [2.24, 2.45) is 5.41 Å². The van der Waals surface area contributed by atoms with Crippen molar-refractivity contribution in [3.63, 3.8) is 0 Å². The Morgan fingerprint density at radius 2 is 2.40 bits per heavy atom. The SMILES string of the molecule is N#CC1(C(=O)Nc2ncccc2Br)CC1. The van der Waals surface area contributed by atoms with Crippen LogP contribution in [-0.2, 0) is 4.79 Å². The first-order valence-electron chi connectivity index (χ1n) is 4.51. The molecule has 0 spiro atoms. The lowest BCUT2D eigenvalue weighted by Gasteiger charge is -2.08. The number of carbonyl (C=O) groups is 1. The number of anilines is 1. The van der Waals surface area contributed by atoms with Gasteiger partial charge in [0, 0.05) is 6.20 Å². The van der Waals surface area contributed by atoms with E-state index in [2.05, 4.69) is 26.2 Å². The number of nitrogens with one attached hydrogen (secondary N) is 1. The summed E-state index contributed by atoms with van der Waals surface area (Å²) in [6.07, 6.45) is 2.87. The molecule has 5 heteroatoms. The highest BCUT2D eigenvalue weighted by molar-refractivity contribution is 9.10. The van der Waals surface area contributed by atoms with Crippen LogP contribution in [0.1, 0.15) is 12.8 Å². The summed E-state index contributed by atoms with van der Waals surface area (Å²) in [5.41, 5.74) is -0.809. The van der Waals surface area contributed by atoms with Gasteiger partial charge in [0.1, 0.15) is 11.2 Å². The van der Waals surface area contributed by atoms with Gasteiger partial charge in [-0.05, 0) is 40.9 Å². The number of amides is 1. The molecule has 0 aliphatic heterocycles. The molecule has 76 valence electrons. The maximum Gasteiger partial charge on any atom is 0.246 e. The molecule has 0 radical (unpaired) electrons. The fourth-order valence-corrected chi connectivity index (χ4v) is 1.57. The molecule has 1 fully saturated rings. The molecule has 0 aromatic carbocycles. The van der Waals surface area contributed by atoms with E-state index in [1.54, 1.807) is 18.3 Å². The van der Waals surface area contributed by atoms with Crippen LogP contribution in [0, 0.1) is 16.7 Å². The van der Waals surface area contributed by atoms with Gasteiger partial charge in [-0.25, -0.2) is 4.98 Å². The van der Waals surface area contributed by atoms with Crippen molar-refractivity contribution in [3.05, 3.63) is 22.8 Å². The first-order valence-corrected chi connectivity index (χ1v) is 5.30. The van der Waals surface area contributed by atoms with Crippen LogP contribution in [0.2, 0.25) is 0 Å². The van der Waals surface area contributed by atoms with Crippen molar-refractivity contribution < 1.29 is 4.79 Å². The van der Waals surface area contributed by atoms with E-state index in [-0.39, 0.29) is 5.91 Å². The molecule has 1 aromatic heterocycles. The maximum atomic E-state index is 11.7. The minimum absolute atomic E-state index is 0.260. The lowest BCUT2D eigenvalue weighted by atomic mass is 10.1. The summed E-state index contributed by atoms with van der Waals surface area (Å²) >= 11 is 3.27. The van der Waals surface area contributed by atoms with Crippen molar-refractivity contribution in [1.82, 2.24) is 4.98 Å². The van der Waals surface area contributed by atoms with E-state index in [9.17, 15) is 4.79 Å². The predicted octanol–water partition coefficient (Wildman–Crippen LogP) is 2.09. The first-order chi connectivity index (χ1) is 7.18. The number of aromatic nitrogens is 1. The van der Waals surface area contributed by atoms with E-state index in [1.807, 2.05) is 6.07 Å². The first kappa shape index (κ1) is 10.1. The van der Waals surface area contributed by atoms with Gasteiger partial charge in [-0.15, -0.1) is 0 Å². The number of nitrogens with zero attached hydrogens (tertiary/aromatic N) is 2. The Morgan fingerprint density at radius 3 is 2.93 bits per heavy atom. The third kappa shape index (κ3) is 1.85. The highest BCUT2D eigenvalue weighted by Gasteiger charge is 2.50. The maximum absolute atomic E-state index is 11.7. The Kier molecular flexibility index (Phi) is 2.45. The average Bonchev–Trinajstić information content (AvgIpc) is 3.02. The van der Waals surface area contributed by atoms with E-state index >= 15 is 0 Å². The Balaban J connectivity index is 2.14. The largest absolute Gasteiger partial charge is 0.308 e. The number of hydrogen-bond donors (Lipinski definition) is 1. The Labute approximate surface area is 95.4 Å². The van der Waals surface area contributed by atoms with E-state index in [4.69, 9.17) is 5.26 Å². The molecule has 1 aromatic rings. The molecule has 2 rings (SSSR count). The van der Waals surface area contributed by atoms with Crippen molar-refractivity contribution in [2.75, 3.05) is 5.32 Å². The second kappa shape index (κ2) is 3.63. The standard InChI is InChI=1S/C10H8BrN3O/c11-7-2-1-5-13-8(7)14-9(15)10(6-12)3-4-10/h1-2,5H,3-4H2,(H,13,14,15). The van der Waals surface area contributed by atoms with Gasteiger partial charge in [-0.1, -0.05) is 0 Å². The Hall–Kier alpha value is -1.41. The van der Waals surface area contributed by atoms with Crippen molar-refractivity contribution >= 4 is 27.7 Å². The molecular weight excluding hydrogens is 258 g/mol. The number of nitriles is 1. The van der Waals surface area contributed by atoms with Gasteiger partial charge in [0.2, 0.25) is 5.91 Å². The summed E-state index contributed by atoms with van der Waals surface area (Å²) in [5, 5.41) is 11.5. The fraction of sp³-hybridized carbons (Fsp3) is 0.300. The monoisotopic (exact) mass is 265 g/mol. The van der Waals surface area contributed by atoms with Crippen LogP contribution in [0.15, 0.2) is 22.8 Å². The summed E-state index contributed by atoms with van der Waals surface area (Å²) in [7, 11) is 0. The van der Waals surface area contributed by atoms with Crippen molar-refractivity contribution in [3.8, 4) is 6.07 Å². The Bertz CT molecular complexity index is 448. The van der Waals surface area contributed by atoms with Gasteiger partial charge in [-0.2, -0.15) is 5.26 Å². The van der Waals surface area contributed by atoms with E-state index in [0.717, 1.165) is 0 Å². The summed E-state index contributed by atoms with van der Waals surface area (Å²) in [5.74, 6) is 0.202. The molecule has 0 atom stereocenters. The topological polar surface area (TPSA) is 65.8 Å². The lowest BCUT2D eigenvalue weighted by molar-refractivity contribution is -0.119. The lowest BCUT2D eigenvalue weighted by Crippen LogP contribution is -2.23. The molecule has 4 nitrogen and oxygen atoms in total. The highest BCUT2D eigenvalue weighted by atomic mass is 79.9. The zero-order chi connectivity index (χ0) is 10.9. The smallest absolute Gasteiger partial charge is 0.246 e. The third-order valence-corrected chi connectivity index (χ3v) is 3.03. The molecule has 0 bridgehead atoms. The molecule has 1 aliphatic rings. The van der Waals surface area contributed by atoms with Gasteiger partial charge in [-0.3, -0.25) is 4.79 Å². The second-order valence-electron chi connectivity index (χ2n) is 3.48. The van der Waals surface area contributed by atoms with Gasteiger partial charge in [0.05, 0.1) is 10.5 Å². The second-order valence-corrected chi connectivity index (χ2v) is 4.34. The van der Waals surface area contributed by atoms with Crippen LogP contribution in [0.5, 0.6) is 0 Å². The minimum atomic E-state index is -0.809. The molecule has 1 heterocycles. The Morgan fingerprint density at radius 1 is 1.67 bits per heavy atom. The molecule has 1 N–H and O–H groups in total. The summed E-state index contributed by atoms with van der Waals surface area (Å²) < 4.78 is 0.715. The number of rotatable bonds is 2. The number of halogens is 1. The molecule has 0 unspecified atom stereocenters. The minimum Gasteiger partial charge on any atom is -0.308 e. The van der Waals surface area contributed by atoms with Crippen molar-refractivity contribution in [1.29, 1.82) is 5.26 Å². The molecular formula is C10H8BrN3O. The molecule has 15 heavy (non-hydrogen) atoms. The van der Waals surface area contributed by atoms with E-state index in [1.165, 1.54) is 0 Å².